The molecular formula is C14H12F2OSn. The molecular weight excluding hydrogens is 341 g/mol. The van der Waals surface area contributed by atoms with Gasteiger partial charge in [-0.2, -0.15) is 0 Å². The molecule has 0 amide bonds. The second kappa shape index (κ2) is 6.18. The van der Waals surface area contributed by atoms with E-state index < -0.39 is 19.7 Å². The van der Waals surface area contributed by atoms with Crippen LogP contribution in [0.25, 0.3) is 0 Å². The summed E-state index contributed by atoms with van der Waals surface area (Å²) in [5, 5.41) is 0. The molecule has 0 aliphatic rings. The van der Waals surface area contributed by atoms with Gasteiger partial charge in [0.1, 0.15) is 0 Å². The van der Waals surface area contributed by atoms with Gasteiger partial charge in [0.25, 0.3) is 0 Å². The normalized spacial score (nSPS) is 10.3. The van der Waals surface area contributed by atoms with Crippen LogP contribution in [0.3, 0.4) is 0 Å². The number of halogens is 2. The molecule has 0 heterocycles. The first kappa shape index (κ1) is 13.3. The Kier molecular flexibility index (Phi) is 4.58. The van der Waals surface area contributed by atoms with Crippen molar-refractivity contribution < 1.29 is 11.9 Å². The van der Waals surface area contributed by atoms with Gasteiger partial charge in [-0.05, 0) is 0 Å². The number of rotatable bonds is 4. The third-order valence-corrected chi connectivity index (χ3v) is 7.16. The van der Waals surface area contributed by atoms with Gasteiger partial charge in [0, 0.05) is 0 Å². The molecule has 18 heavy (non-hydrogen) atoms. The van der Waals surface area contributed by atoms with Gasteiger partial charge in [-0.25, -0.2) is 0 Å². The average molecular weight is 353 g/mol. The Hall–Kier alpha value is -1.10. The van der Waals surface area contributed by atoms with Crippen molar-refractivity contribution in [2.45, 2.75) is 8.87 Å². The fourth-order valence-corrected chi connectivity index (χ4v) is 6.02. The summed E-state index contributed by atoms with van der Waals surface area (Å²) in [5.41, 5.74) is 1.52. The molecule has 0 spiro atoms. The summed E-state index contributed by atoms with van der Waals surface area (Å²) in [5.74, 6) is -0.621. The van der Waals surface area contributed by atoms with Gasteiger partial charge in [-0.15, -0.1) is 0 Å². The molecule has 0 bridgehead atoms. The molecule has 0 aliphatic heterocycles. The summed E-state index contributed by atoms with van der Waals surface area (Å²) in [6, 6.07) is 12.3. The molecule has 0 radical (unpaired) electrons. The van der Waals surface area contributed by atoms with Crippen LogP contribution in [0, 0.1) is 11.6 Å². The molecule has 4 heteroatoms. The van der Waals surface area contributed by atoms with E-state index in [1.165, 1.54) is 24.3 Å². The first-order valence-electron chi connectivity index (χ1n) is 5.64. The second-order valence-corrected chi connectivity index (χ2v) is 9.25. The molecule has 92 valence electrons. The van der Waals surface area contributed by atoms with Crippen LogP contribution in [-0.2, 0) is 12.0 Å². The topological polar surface area (TPSA) is 17.1 Å². The SMILES string of the molecule is [O]=[Sn]([CH2]c1cccc(F)c1)[CH2]c1cccc(F)c1. The number of hydrogen-bond acceptors (Lipinski definition) is 1. The van der Waals surface area contributed by atoms with Gasteiger partial charge < -0.3 is 0 Å². The molecule has 0 aromatic heterocycles. The predicted octanol–water partition coefficient (Wildman–Crippen LogP) is 3.25. The van der Waals surface area contributed by atoms with Crippen LogP contribution >= 0.6 is 0 Å². The fourth-order valence-electron chi connectivity index (χ4n) is 1.81. The summed E-state index contributed by atoms with van der Waals surface area (Å²) in [4.78, 5) is 0. The second-order valence-electron chi connectivity index (χ2n) is 4.15. The average Bonchev–Trinajstić information content (AvgIpc) is 2.28. The molecule has 0 saturated carbocycles. The molecule has 0 saturated heterocycles. The van der Waals surface area contributed by atoms with Crippen molar-refractivity contribution in [3.63, 3.8) is 0 Å². The van der Waals surface area contributed by atoms with Crippen molar-refractivity contribution in [3.8, 4) is 0 Å². The van der Waals surface area contributed by atoms with Crippen molar-refractivity contribution in [1.29, 1.82) is 0 Å². The Balaban J connectivity index is 2.01. The van der Waals surface area contributed by atoms with Crippen molar-refractivity contribution in [1.82, 2.24) is 0 Å². The standard InChI is InChI=1S/2C7H6F.O.Sn/c2*1-6-3-2-4-7(8)5-6;;/h2*2-5H,1H2;;. The minimum absolute atomic E-state index is 0.311. The Morgan fingerprint density at radius 1 is 0.833 bits per heavy atom. The summed E-state index contributed by atoms with van der Waals surface area (Å²) < 4.78 is 38.9. The van der Waals surface area contributed by atoms with E-state index in [0.717, 1.165) is 11.1 Å². The molecule has 0 unspecified atom stereocenters. The van der Waals surface area contributed by atoms with E-state index in [9.17, 15) is 11.9 Å². The first-order valence-corrected chi connectivity index (χ1v) is 10.8. The Morgan fingerprint density at radius 3 is 1.67 bits per heavy atom. The van der Waals surface area contributed by atoms with Crippen molar-refractivity contribution in [2.24, 2.45) is 0 Å². The van der Waals surface area contributed by atoms with Gasteiger partial charge in [0.15, 0.2) is 0 Å². The summed E-state index contributed by atoms with van der Waals surface area (Å²) >= 11 is -2.86. The van der Waals surface area contributed by atoms with Crippen molar-refractivity contribution in [2.75, 3.05) is 0 Å². The zero-order chi connectivity index (χ0) is 13.0. The van der Waals surface area contributed by atoms with Gasteiger partial charge in [-0.3, -0.25) is 0 Å². The molecule has 1 nitrogen and oxygen atoms in total. The van der Waals surface area contributed by atoms with Gasteiger partial charge in [0.05, 0.1) is 0 Å². The third kappa shape index (κ3) is 3.98. The van der Waals surface area contributed by atoms with Crippen LogP contribution in [-0.4, -0.2) is 19.7 Å². The minimum atomic E-state index is -2.86. The molecule has 2 aromatic carbocycles. The molecule has 0 N–H and O–H groups in total. The summed E-state index contributed by atoms with van der Waals surface area (Å²) in [6.07, 6.45) is 0. The van der Waals surface area contributed by atoms with Crippen LogP contribution in [0.4, 0.5) is 8.78 Å². The van der Waals surface area contributed by atoms with E-state index in [4.69, 9.17) is 0 Å². The van der Waals surface area contributed by atoms with Crippen molar-refractivity contribution in [3.05, 3.63) is 71.3 Å². The molecule has 0 fully saturated rings. The van der Waals surface area contributed by atoms with E-state index in [-0.39, 0.29) is 11.6 Å². The summed E-state index contributed by atoms with van der Waals surface area (Å²) in [6.45, 7) is 0. The maximum atomic E-state index is 13.0. The Morgan fingerprint density at radius 2 is 1.28 bits per heavy atom. The van der Waals surface area contributed by atoms with Gasteiger partial charge in [0.2, 0.25) is 0 Å². The maximum absolute atomic E-state index is 13.0. The Labute approximate surface area is 112 Å². The van der Waals surface area contributed by atoms with E-state index in [2.05, 4.69) is 0 Å². The molecule has 2 rings (SSSR count). The van der Waals surface area contributed by atoms with Crippen LogP contribution in [0.5, 0.6) is 0 Å². The van der Waals surface area contributed by atoms with Crippen molar-refractivity contribution >= 4 is 19.7 Å². The molecule has 0 atom stereocenters. The predicted molar refractivity (Wildman–Crippen MR) is 66.6 cm³/mol. The van der Waals surface area contributed by atoms with E-state index in [0.29, 0.717) is 8.87 Å². The van der Waals surface area contributed by atoms with E-state index in [1.54, 1.807) is 24.3 Å². The zero-order valence-corrected chi connectivity index (χ0v) is 12.6. The van der Waals surface area contributed by atoms with Crippen LogP contribution in [0.15, 0.2) is 48.5 Å². The van der Waals surface area contributed by atoms with Crippen LogP contribution < -0.4 is 0 Å². The number of hydrogen-bond donors (Lipinski definition) is 0. The van der Waals surface area contributed by atoms with E-state index in [1.807, 2.05) is 0 Å². The first-order chi connectivity index (χ1) is 8.63. The van der Waals surface area contributed by atoms with Gasteiger partial charge in [-0.1, -0.05) is 0 Å². The number of benzene rings is 2. The van der Waals surface area contributed by atoms with Crippen LogP contribution in [0.1, 0.15) is 11.1 Å². The summed E-state index contributed by atoms with van der Waals surface area (Å²) in [7, 11) is 0. The zero-order valence-electron chi connectivity index (χ0n) is 9.70. The molecule has 0 aliphatic carbocycles. The molecule has 2 aromatic rings. The third-order valence-electron chi connectivity index (χ3n) is 2.58. The Bertz CT molecular complexity index is 520. The monoisotopic (exact) mass is 354 g/mol. The van der Waals surface area contributed by atoms with Gasteiger partial charge >= 0.3 is 112 Å². The van der Waals surface area contributed by atoms with Crippen LogP contribution in [0.2, 0.25) is 0 Å². The fraction of sp³-hybridized carbons (Fsp3) is 0.143. The quantitative estimate of drug-likeness (QED) is 0.772. The van der Waals surface area contributed by atoms with E-state index >= 15 is 0 Å².